The third-order valence-corrected chi connectivity index (χ3v) is 7.68. The van der Waals surface area contributed by atoms with Gasteiger partial charge in [-0.25, -0.2) is 8.78 Å². The Kier molecular flexibility index (Phi) is 6.73. The van der Waals surface area contributed by atoms with Crippen LogP contribution in [0.1, 0.15) is 60.7 Å². The third-order valence-electron chi connectivity index (χ3n) is 7.68. The van der Waals surface area contributed by atoms with Crippen molar-refractivity contribution in [3.05, 3.63) is 59.9 Å². The molecule has 10 heteroatoms. The summed E-state index contributed by atoms with van der Waals surface area (Å²) < 4.78 is 33.8. The number of furan rings is 1. The summed E-state index contributed by atoms with van der Waals surface area (Å²) in [5.74, 6) is -3.55. The topological polar surface area (TPSA) is 139 Å². The molecule has 3 aromatic rings. The number of fused-ring (bicyclic) bond motifs is 1. The normalized spacial score (nSPS) is 20.8. The van der Waals surface area contributed by atoms with E-state index in [1.807, 2.05) is 6.07 Å². The highest BCUT2D eigenvalue weighted by Crippen LogP contribution is 2.42. The molecule has 0 radical (unpaired) electrons. The number of alkyl halides is 2. The van der Waals surface area contributed by atoms with E-state index < -0.39 is 48.1 Å². The fourth-order valence-corrected chi connectivity index (χ4v) is 4.96. The minimum absolute atomic E-state index is 0.0242. The highest BCUT2D eigenvalue weighted by atomic mass is 19.3. The molecule has 1 amide bonds. The van der Waals surface area contributed by atoms with Crippen molar-refractivity contribution in [1.82, 2.24) is 10.6 Å². The lowest BCUT2D eigenvalue weighted by atomic mass is 9.78. The van der Waals surface area contributed by atoms with Crippen LogP contribution in [0.4, 0.5) is 8.78 Å². The number of hydrogen-bond acceptors (Lipinski definition) is 7. The Morgan fingerprint density at radius 3 is 2.26 bits per heavy atom. The number of aliphatic hydroxyl groups excluding tert-OH is 3. The molecule has 0 saturated heterocycles. The number of nitrogens with one attached hydrogen (secondary N) is 2. The van der Waals surface area contributed by atoms with Crippen molar-refractivity contribution < 1.29 is 33.3 Å². The van der Waals surface area contributed by atoms with Gasteiger partial charge in [0.1, 0.15) is 23.5 Å². The van der Waals surface area contributed by atoms with Gasteiger partial charge in [0.15, 0.2) is 5.76 Å². The molecule has 0 bridgehead atoms. The zero-order chi connectivity index (χ0) is 27.1. The van der Waals surface area contributed by atoms with Crippen molar-refractivity contribution in [3.63, 3.8) is 0 Å². The number of hydrogen-bond donors (Lipinski definition) is 5. The van der Waals surface area contributed by atoms with Crippen LogP contribution in [0.5, 0.6) is 0 Å². The molecule has 1 heterocycles. The summed E-state index contributed by atoms with van der Waals surface area (Å²) in [5, 5.41) is 45.6. The van der Waals surface area contributed by atoms with Gasteiger partial charge in [-0.1, -0.05) is 36.4 Å². The number of benzene rings is 2. The van der Waals surface area contributed by atoms with E-state index in [0.717, 1.165) is 11.1 Å². The van der Waals surface area contributed by atoms with Gasteiger partial charge in [-0.15, -0.1) is 0 Å². The molecule has 0 spiro atoms. The number of amides is 1. The molecule has 2 aromatic carbocycles. The first-order chi connectivity index (χ1) is 18.1. The molecule has 5 N–H and O–H groups in total. The van der Waals surface area contributed by atoms with E-state index in [1.54, 1.807) is 42.5 Å². The first-order valence-electron chi connectivity index (χ1n) is 12.6. The van der Waals surface area contributed by atoms with Crippen LogP contribution < -0.4 is 10.6 Å². The predicted molar refractivity (Wildman–Crippen MR) is 134 cm³/mol. The molecule has 0 aliphatic heterocycles. The second-order valence-electron chi connectivity index (χ2n) is 10.4. The van der Waals surface area contributed by atoms with E-state index in [1.165, 1.54) is 0 Å². The van der Waals surface area contributed by atoms with Gasteiger partial charge in [-0.2, -0.15) is 5.26 Å². The van der Waals surface area contributed by atoms with Crippen molar-refractivity contribution in [2.75, 3.05) is 6.61 Å². The molecular formula is C28H29F2N3O5. The van der Waals surface area contributed by atoms with Crippen molar-refractivity contribution in [2.45, 2.75) is 67.9 Å². The summed E-state index contributed by atoms with van der Waals surface area (Å²) in [6.07, 6.45) is -2.58. The van der Waals surface area contributed by atoms with Crippen molar-refractivity contribution >= 4 is 16.9 Å². The van der Waals surface area contributed by atoms with Gasteiger partial charge in [0, 0.05) is 18.2 Å². The molecular weight excluding hydrogens is 496 g/mol. The standard InChI is InChI=1S/C28H29F2N3O5/c29-28(30)11-9-27(10-12-28,25(37)33-26(16-31)7-8-26)32-24(36)23-14-20-6-5-19(13-22(20)38-23)17-1-3-18(4-2-17)21(35)15-34/h1-6,13-14,21,25,33-35,37H,7-12,15H2,(H,32,36). The Balaban J connectivity index is 1.37. The molecule has 2 saturated carbocycles. The van der Waals surface area contributed by atoms with E-state index in [4.69, 9.17) is 9.52 Å². The van der Waals surface area contributed by atoms with Crippen LogP contribution in [0.15, 0.2) is 52.9 Å². The van der Waals surface area contributed by atoms with Crippen LogP contribution in [0.25, 0.3) is 22.1 Å². The average Bonchev–Trinajstić information content (AvgIpc) is 3.56. The molecule has 38 heavy (non-hydrogen) atoms. The second kappa shape index (κ2) is 9.75. The lowest BCUT2D eigenvalue weighted by Crippen LogP contribution is -2.65. The summed E-state index contributed by atoms with van der Waals surface area (Å²) in [4.78, 5) is 13.2. The van der Waals surface area contributed by atoms with Crippen LogP contribution in [0.3, 0.4) is 0 Å². The van der Waals surface area contributed by atoms with Crippen LogP contribution in [0, 0.1) is 11.3 Å². The molecule has 200 valence electrons. The first-order valence-corrected chi connectivity index (χ1v) is 12.6. The maximum absolute atomic E-state index is 14.0. The SMILES string of the molecule is N#CC1(NC(O)C2(NC(=O)c3cc4ccc(-c5ccc(C(O)CO)cc5)cc4o3)CCC(F)(F)CC2)CC1. The van der Waals surface area contributed by atoms with E-state index in [-0.39, 0.29) is 25.2 Å². The number of aliphatic hydroxyl groups is 3. The molecule has 2 atom stereocenters. The van der Waals surface area contributed by atoms with Gasteiger partial charge >= 0.3 is 0 Å². The Morgan fingerprint density at radius 1 is 1.00 bits per heavy atom. The molecule has 1 aromatic heterocycles. The summed E-state index contributed by atoms with van der Waals surface area (Å²) in [7, 11) is 0. The number of nitriles is 1. The van der Waals surface area contributed by atoms with Crippen molar-refractivity contribution in [2.24, 2.45) is 0 Å². The minimum Gasteiger partial charge on any atom is -0.451 e. The van der Waals surface area contributed by atoms with Crippen molar-refractivity contribution in [1.29, 1.82) is 5.26 Å². The second-order valence-corrected chi connectivity index (χ2v) is 10.4. The summed E-state index contributed by atoms with van der Waals surface area (Å²) in [5.41, 5.74) is 0.392. The van der Waals surface area contributed by atoms with Gasteiger partial charge < -0.3 is 25.1 Å². The number of carbonyl (C=O) groups excluding carboxylic acids is 1. The molecule has 8 nitrogen and oxygen atoms in total. The van der Waals surface area contributed by atoms with Gasteiger partial charge in [0.2, 0.25) is 5.92 Å². The number of carbonyl (C=O) groups is 1. The van der Waals surface area contributed by atoms with Crippen LogP contribution >= 0.6 is 0 Å². The van der Waals surface area contributed by atoms with E-state index in [2.05, 4.69) is 16.7 Å². The highest BCUT2D eigenvalue weighted by molar-refractivity contribution is 5.97. The Morgan fingerprint density at radius 2 is 1.66 bits per heavy atom. The van der Waals surface area contributed by atoms with Crippen LogP contribution in [-0.2, 0) is 0 Å². The zero-order valence-corrected chi connectivity index (χ0v) is 20.6. The Hall–Kier alpha value is -3.36. The Labute approximate surface area is 217 Å². The smallest absolute Gasteiger partial charge is 0.287 e. The zero-order valence-electron chi connectivity index (χ0n) is 20.6. The fraction of sp³-hybridized carbons (Fsp3) is 0.429. The lowest BCUT2D eigenvalue weighted by molar-refractivity contribution is -0.0848. The van der Waals surface area contributed by atoms with E-state index in [9.17, 15) is 29.1 Å². The first kappa shape index (κ1) is 26.3. The molecule has 5 rings (SSSR count). The van der Waals surface area contributed by atoms with Gasteiger partial charge in [0.05, 0.1) is 18.2 Å². The quantitative estimate of drug-likeness (QED) is 0.282. The molecule has 2 fully saturated rings. The average molecular weight is 526 g/mol. The predicted octanol–water partition coefficient (Wildman–Crippen LogP) is 3.77. The molecule has 2 aliphatic carbocycles. The Bertz CT molecular complexity index is 1370. The van der Waals surface area contributed by atoms with Gasteiger partial charge in [0.25, 0.3) is 5.91 Å². The summed E-state index contributed by atoms with van der Waals surface area (Å²) >= 11 is 0. The largest absolute Gasteiger partial charge is 0.451 e. The maximum Gasteiger partial charge on any atom is 0.287 e. The summed E-state index contributed by atoms with van der Waals surface area (Å²) in [6, 6.07) is 16.1. The van der Waals surface area contributed by atoms with Gasteiger partial charge in [-0.05, 0) is 54.5 Å². The van der Waals surface area contributed by atoms with E-state index >= 15 is 0 Å². The number of halogens is 2. The number of rotatable bonds is 8. The molecule has 2 aliphatic rings. The monoisotopic (exact) mass is 525 g/mol. The van der Waals surface area contributed by atoms with Crippen molar-refractivity contribution in [3.8, 4) is 17.2 Å². The maximum atomic E-state index is 14.0. The van der Waals surface area contributed by atoms with Gasteiger partial charge in [-0.3, -0.25) is 10.1 Å². The number of nitrogens with zero attached hydrogens (tertiary/aromatic N) is 1. The third kappa shape index (κ3) is 5.15. The van der Waals surface area contributed by atoms with E-state index in [0.29, 0.717) is 29.4 Å². The van der Waals surface area contributed by atoms with Crippen LogP contribution in [0.2, 0.25) is 0 Å². The molecule has 2 unspecified atom stereocenters. The fourth-order valence-electron chi connectivity index (χ4n) is 4.96. The van der Waals surface area contributed by atoms with Crippen LogP contribution in [-0.4, -0.2) is 51.1 Å². The summed E-state index contributed by atoms with van der Waals surface area (Å²) in [6.45, 7) is -0.376. The highest BCUT2D eigenvalue weighted by Gasteiger charge is 2.53. The minimum atomic E-state index is -2.88. The lowest BCUT2D eigenvalue weighted by Gasteiger charge is -2.44.